The van der Waals surface area contributed by atoms with Crippen LogP contribution in [-0.4, -0.2) is 59.9 Å². The molecule has 0 aromatic carbocycles. The van der Waals surface area contributed by atoms with Crippen LogP contribution in [0.3, 0.4) is 0 Å². The van der Waals surface area contributed by atoms with Gasteiger partial charge in [-0.15, -0.1) is 0 Å². The Kier molecular flexibility index (Phi) is 38.5. The lowest BCUT2D eigenvalue weighted by atomic mass is 10.1. The van der Waals surface area contributed by atoms with Gasteiger partial charge in [0.15, 0.2) is 6.10 Å². The molecular weight excluding hydrogens is 757 g/mol. The molecule has 11 nitrogen and oxygen atoms in total. The van der Waals surface area contributed by atoms with Gasteiger partial charge in [-0.1, -0.05) is 164 Å². The summed E-state index contributed by atoms with van der Waals surface area (Å²) in [5.41, 5.74) is 5.32. The van der Waals surface area contributed by atoms with Crippen LogP contribution in [0.5, 0.6) is 0 Å². The zero-order chi connectivity index (χ0) is 42.8. The number of phosphoric ester groups is 1. The molecule has 332 valence electrons. The molecule has 0 heterocycles. The maximum absolute atomic E-state index is 12.6. The second-order valence-corrected chi connectivity index (χ2v) is 15.9. The van der Waals surface area contributed by atoms with Gasteiger partial charge in [-0.25, -0.2) is 4.57 Å². The number of carboxylic acids is 1. The SMILES string of the molecule is CC/C=C\C/C=C\C/C=C\C/C=C\C/C=C\CC(=O)OC(COC(=O)CCCCCCCCCCC/C=C\CCCCCCCC)COP(=O)(O)OCC(N)C(=O)O. The van der Waals surface area contributed by atoms with Crippen molar-refractivity contribution >= 4 is 25.7 Å². The third-order valence-electron chi connectivity index (χ3n) is 8.97. The molecule has 0 fully saturated rings. The van der Waals surface area contributed by atoms with Gasteiger partial charge in [-0.05, 0) is 64.2 Å². The molecule has 0 saturated carbocycles. The number of carbonyl (C=O) groups excluding carboxylic acids is 2. The Labute approximate surface area is 350 Å². The zero-order valence-electron chi connectivity index (χ0n) is 35.9. The quantitative estimate of drug-likeness (QED) is 0.0232. The number of carbonyl (C=O) groups is 3. The van der Waals surface area contributed by atoms with E-state index in [0.717, 1.165) is 44.9 Å². The molecule has 0 aliphatic rings. The summed E-state index contributed by atoms with van der Waals surface area (Å²) in [5, 5.41) is 8.88. The van der Waals surface area contributed by atoms with Gasteiger partial charge in [0.05, 0.1) is 19.6 Å². The van der Waals surface area contributed by atoms with Gasteiger partial charge in [0.25, 0.3) is 0 Å². The normalized spacial score (nSPS) is 14.4. The van der Waals surface area contributed by atoms with Gasteiger partial charge in [0, 0.05) is 6.42 Å². The minimum absolute atomic E-state index is 0.0740. The van der Waals surface area contributed by atoms with Gasteiger partial charge in [0.2, 0.25) is 0 Å². The third kappa shape index (κ3) is 39.7. The number of unbranched alkanes of at least 4 members (excludes halogenated alkanes) is 15. The maximum atomic E-state index is 12.6. The van der Waals surface area contributed by atoms with E-state index >= 15 is 0 Å². The predicted molar refractivity (Wildman–Crippen MR) is 235 cm³/mol. The number of rotatable bonds is 40. The molecular formula is C46H78NO10P. The molecule has 0 rings (SSSR count). The van der Waals surface area contributed by atoms with Crippen LogP contribution in [0.1, 0.15) is 168 Å². The first kappa shape index (κ1) is 54.9. The van der Waals surface area contributed by atoms with E-state index in [1.54, 1.807) is 6.08 Å². The van der Waals surface area contributed by atoms with Crippen molar-refractivity contribution in [1.29, 1.82) is 0 Å². The van der Waals surface area contributed by atoms with Gasteiger partial charge in [0.1, 0.15) is 12.6 Å². The summed E-state index contributed by atoms with van der Waals surface area (Å²) in [6.07, 6.45) is 48.6. The van der Waals surface area contributed by atoms with E-state index in [9.17, 15) is 23.8 Å². The van der Waals surface area contributed by atoms with Crippen molar-refractivity contribution in [2.45, 2.75) is 180 Å². The fourth-order valence-corrected chi connectivity index (χ4v) is 6.32. The van der Waals surface area contributed by atoms with E-state index in [2.05, 4.69) is 67.0 Å². The largest absolute Gasteiger partial charge is 0.480 e. The second kappa shape index (κ2) is 40.7. The van der Waals surface area contributed by atoms with E-state index in [4.69, 9.17) is 24.8 Å². The van der Waals surface area contributed by atoms with Crippen molar-refractivity contribution in [3.05, 3.63) is 72.9 Å². The van der Waals surface area contributed by atoms with Gasteiger partial charge in [-0.3, -0.25) is 23.4 Å². The highest BCUT2D eigenvalue weighted by molar-refractivity contribution is 7.47. The number of ether oxygens (including phenoxy) is 2. The van der Waals surface area contributed by atoms with Crippen LogP contribution in [0.4, 0.5) is 0 Å². The van der Waals surface area contributed by atoms with Crippen LogP contribution >= 0.6 is 7.82 Å². The summed E-state index contributed by atoms with van der Waals surface area (Å²) in [6, 6.07) is -1.54. The standard InChI is InChI=1S/C46H78NO10P/c1-3-5-7-9-11-13-15-17-19-20-21-22-24-25-27-29-31-33-35-37-44(48)54-39-42(40-55-58(52,53)56-41-43(47)46(50)51)57-45(49)38-36-34-32-30-28-26-23-18-16-14-12-10-8-6-4-2/h6,8,12,14,17-19,23,28,30,34,36,42-43H,3-5,7,9-11,13,15-16,20-22,24-27,29,31-33,35,37-41,47H2,1-2H3,(H,50,51)(H,52,53)/b8-6-,14-12-,19-17-,23-18-,30-28-,36-34-. The Morgan fingerprint density at radius 2 is 1.02 bits per heavy atom. The minimum atomic E-state index is -4.74. The molecule has 58 heavy (non-hydrogen) atoms. The lowest BCUT2D eigenvalue weighted by molar-refractivity contribution is -0.160. The number of esters is 2. The highest BCUT2D eigenvalue weighted by atomic mass is 31.2. The number of phosphoric acid groups is 1. The molecule has 3 atom stereocenters. The first-order chi connectivity index (χ1) is 28.1. The summed E-state index contributed by atoms with van der Waals surface area (Å²) in [7, 11) is -4.74. The number of aliphatic carboxylic acids is 1. The second-order valence-electron chi connectivity index (χ2n) is 14.5. The maximum Gasteiger partial charge on any atom is 0.472 e. The Morgan fingerprint density at radius 3 is 1.52 bits per heavy atom. The topological polar surface area (TPSA) is 172 Å². The van der Waals surface area contributed by atoms with Gasteiger partial charge < -0.3 is 25.2 Å². The lowest BCUT2D eigenvalue weighted by Gasteiger charge is -2.20. The average Bonchev–Trinajstić information content (AvgIpc) is 3.20. The highest BCUT2D eigenvalue weighted by Crippen LogP contribution is 2.43. The molecule has 0 aromatic rings. The van der Waals surface area contributed by atoms with E-state index in [1.807, 2.05) is 18.2 Å². The van der Waals surface area contributed by atoms with Crippen molar-refractivity contribution in [2.24, 2.45) is 5.73 Å². The molecule has 0 aliphatic heterocycles. The molecule has 4 N–H and O–H groups in total. The van der Waals surface area contributed by atoms with Crippen molar-refractivity contribution in [1.82, 2.24) is 0 Å². The highest BCUT2D eigenvalue weighted by Gasteiger charge is 2.28. The Balaban J connectivity index is 4.45. The first-order valence-electron chi connectivity index (χ1n) is 22.0. The van der Waals surface area contributed by atoms with Crippen molar-refractivity contribution in [2.75, 3.05) is 19.8 Å². The monoisotopic (exact) mass is 836 g/mol. The Morgan fingerprint density at radius 1 is 0.569 bits per heavy atom. The fourth-order valence-electron chi connectivity index (χ4n) is 5.55. The Hall–Kier alpha value is -3.08. The van der Waals surface area contributed by atoms with Crippen LogP contribution < -0.4 is 5.73 Å². The zero-order valence-corrected chi connectivity index (χ0v) is 36.8. The number of carboxylic acid groups (broad SMARTS) is 1. The van der Waals surface area contributed by atoms with Gasteiger partial charge in [-0.2, -0.15) is 0 Å². The van der Waals surface area contributed by atoms with Crippen molar-refractivity contribution < 1.29 is 47.5 Å². The molecule has 0 amide bonds. The van der Waals surface area contributed by atoms with E-state index < -0.39 is 51.1 Å². The summed E-state index contributed by atoms with van der Waals surface area (Å²) in [5.74, 6) is -2.55. The molecule has 0 spiro atoms. The summed E-state index contributed by atoms with van der Waals surface area (Å²) in [6.45, 7) is 2.58. The molecule has 0 saturated heterocycles. The minimum Gasteiger partial charge on any atom is -0.480 e. The average molecular weight is 836 g/mol. The van der Waals surface area contributed by atoms with E-state index in [0.29, 0.717) is 12.8 Å². The van der Waals surface area contributed by atoms with Crippen LogP contribution in [0.2, 0.25) is 0 Å². The summed E-state index contributed by atoms with van der Waals surface area (Å²) < 4.78 is 32.6. The van der Waals surface area contributed by atoms with Gasteiger partial charge >= 0.3 is 25.7 Å². The van der Waals surface area contributed by atoms with E-state index in [-0.39, 0.29) is 19.4 Å². The first-order valence-corrected chi connectivity index (χ1v) is 23.5. The fraction of sp³-hybridized carbons (Fsp3) is 0.674. The summed E-state index contributed by atoms with van der Waals surface area (Å²) in [4.78, 5) is 45.9. The third-order valence-corrected chi connectivity index (χ3v) is 9.92. The predicted octanol–water partition coefficient (Wildman–Crippen LogP) is 11.7. The van der Waals surface area contributed by atoms with Crippen LogP contribution in [0.15, 0.2) is 72.9 Å². The molecule has 3 unspecified atom stereocenters. The summed E-state index contributed by atoms with van der Waals surface area (Å²) >= 11 is 0. The van der Waals surface area contributed by atoms with Crippen LogP contribution in [0, 0.1) is 0 Å². The smallest absolute Gasteiger partial charge is 0.472 e. The van der Waals surface area contributed by atoms with Crippen molar-refractivity contribution in [3.8, 4) is 0 Å². The Bertz CT molecular complexity index is 1260. The van der Waals surface area contributed by atoms with E-state index in [1.165, 1.54) is 83.5 Å². The molecule has 0 aliphatic carbocycles. The molecule has 12 heteroatoms. The van der Waals surface area contributed by atoms with Crippen LogP contribution in [-0.2, 0) is 37.5 Å². The number of allylic oxidation sites excluding steroid dienone is 11. The van der Waals surface area contributed by atoms with Crippen LogP contribution in [0.25, 0.3) is 0 Å². The molecule has 0 bridgehead atoms. The number of nitrogens with two attached hydrogens (primary N) is 1. The molecule has 0 radical (unpaired) electrons. The number of hydrogen-bond acceptors (Lipinski definition) is 9. The number of hydrogen-bond donors (Lipinski definition) is 3. The molecule has 0 aromatic heterocycles. The lowest BCUT2D eigenvalue weighted by Crippen LogP contribution is -2.34. The van der Waals surface area contributed by atoms with Crippen molar-refractivity contribution in [3.63, 3.8) is 0 Å².